The molecule has 3 unspecified atom stereocenters. The van der Waals surface area contributed by atoms with E-state index in [0.29, 0.717) is 18.4 Å². The molecule has 0 heterocycles. The van der Waals surface area contributed by atoms with Crippen LogP contribution in [0.5, 0.6) is 0 Å². The Labute approximate surface area is 105 Å². The molecular formula is C11H20BrNO3. The monoisotopic (exact) mass is 293 g/mol. The van der Waals surface area contributed by atoms with Gasteiger partial charge in [0.25, 0.3) is 0 Å². The highest BCUT2D eigenvalue weighted by Crippen LogP contribution is 2.30. The van der Waals surface area contributed by atoms with Crippen molar-refractivity contribution in [1.29, 1.82) is 0 Å². The number of halogens is 1. The average Bonchev–Trinajstić information content (AvgIpc) is 2.75. The van der Waals surface area contributed by atoms with Crippen LogP contribution < -0.4 is 5.32 Å². The molecule has 0 amide bonds. The quantitative estimate of drug-likeness (QED) is 0.565. The van der Waals surface area contributed by atoms with Gasteiger partial charge in [0, 0.05) is 13.2 Å². The number of hydrogen-bond acceptors (Lipinski definition) is 4. The number of esters is 1. The zero-order valence-electron chi connectivity index (χ0n) is 9.62. The summed E-state index contributed by atoms with van der Waals surface area (Å²) in [5, 5.41) is 12.4. The van der Waals surface area contributed by atoms with E-state index in [-0.39, 0.29) is 17.4 Å². The molecule has 0 aromatic heterocycles. The van der Waals surface area contributed by atoms with Crippen molar-refractivity contribution in [3.63, 3.8) is 0 Å². The second-order valence-corrected chi connectivity index (χ2v) is 5.39. The number of hydrogen-bond donors (Lipinski definition) is 2. The molecular weight excluding hydrogens is 274 g/mol. The molecule has 5 heteroatoms. The Morgan fingerprint density at radius 1 is 1.56 bits per heavy atom. The maximum atomic E-state index is 11.1. The molecule has 16 heavy (non-hydrogen) atoms. The first-order chi connectivity index (χ1) is 7.69. The van der Waals surface area contributed by atoms with Gasteiger partial charge in [-0.25, -0.2) is 0 Å². The topological polar surface area (TPSA) is 58.6 Å². The molecule has 1 fully saturated rings. The van der Waals surface area contributed by atoms with Gasteiger partial charge in [0.1, 0.15) is 4.83 Å². The molecule has 0 bridgehead atoms. The van der Waals surface area contributed by atoms with Gasteiger partial charge in [-0.2, -0.15) is 0 Å². The predicted octanol–water partition coefficient (Wildman–Crippen LogP) is 0.921. The Morgan fingerprint density at radius 2 is 2.25 bits per heavy atom. The van der Waals surface area contributed by atoms with E-state index in [2.05, 4.69) is 26.0 Å². The van der Waals surface area contributed by atoms with E-state index < -0.39 is 0 Å². The number of ether oxygens (including phenoxy) is 1. The third kappa shape index (κ3) is 4.03. The van der Waals surface area contributed by atoms with Crippen molar-refractivity contribution in [2.75, 3.05) is 26.8 Å². The van der Waals surface area contributed by atoms with Crippen LogP contribution in [0.1, 0.15) is 19.3 Å². The van der Waals surface area contributed by atoms with Crippen LogP contribution in [0.4, 0.5) is 0 Å². The molecule has 94 valence electrons. The molecule has 0 saturated heterocycles. The van der Waals surface area contributed by atoms with Crippen LogP contribution in [-0.4, -0.2) is 42.7 Å². The lowest BCUT2D eigenvalue weighted by Gasteiger charge is -2.18. The molecule has 1 rings (SSSR count). The molecule has 0 radical (unpaired) electrons. The number of carbonyl (C=O) groups is 1. The van der Waals surface area contributed by atoms with Crippen LogP contribution in [0.25, 0.3) is 0 Å². The summed E-state index contributed by atoms with van der Waals surface area (Å²) in [6, 6.07) is 0. The predicted molar refractivity (Wildman–Crippen MR) is 65.5 cm³/mol. The second-order valence-electron chi connectivity index (χ2n) is 4.28. The zero-order chi connectivity index (χ0) is 12.0. The van der Waals surface area contributed by atoms with E-state index >= 15 is 0 Å². The number of aliphatic hydroxyl groups excluding tert-OH is 1. The van der Waals surface area contributed by atoms with Gasteiger partial charge in [-0.3, -0.25) is 4.79 Å². The molecule has 1 aliphatic carbocycles. The summed E-state index contributed by atoms with van der Waals surface area (Å²) >= 11 is 3.26. The fourth-order valence-electron chi connectivity index (χ4n) is 2.23. The number of aliphatic hydroxyl groups is 1. The van der Waals surface area contributed by atoms with Gasteiger partial charge in [-0.1, -0.05) is 22.4 Å². The van der Waals surface area contributed by atoms with E-state index in [1.165, 1.54) is 20.0 Å². The minimum Gasteiger partial charge on any atom is -0.468 e. The van der Waals surface area contributed by atoms with E-state index in [1.807, 2.05) is 0 Å². The van der Waals surface area contributed by atoms with Crippen LogP contribution in [0, 0.1) is 11.8 Å². The Balaban J connectivity index is 2.17. The lowest BCUT2D eigenvalue weighted by atomic mass is 9.97. The van der Waals surface area contributed by atoms with Crippen molar-refractivity contribution in [3.8, 4) is 0 Å². The molecule has 0 spiro atoms. The van der Waals surface area contributed by atoms with Gasteiger partial charge >= 0.3 is 5.97 Å². The van der Waals surface area contributed by atoms with Crippen molar-refractivity contribution in [3.05, 3.63) is 0 Å². The normalized spacial score (nSPS) is 26.7. The maximum absolute atomic E-state index is 11.1. The molecule has 2 N–H and O–H groups in total. The van der Waals surface area contributed by atoms with Crippen LogP contribution in [0.3, 0.4) is 0 Å². The van der Waals surface area contributed by atoms with Gasteiger partial charge in [0.2, 0.25) is 0 Å². The number of nitrogens with one attached hydrogen (secondary N) is 1. The highest BCUT2D eigenvalue weighted by Gasteiger charge is 2.26. The van der Waals surface area contributed by atoms with Crippen LogP contribution in [0.15, 0.2) is 0 Å². The average molecular weight is 294 g/mol. The third-order valence-corrected chi connectivity index (χ3v) is 3.94. The summed E-state index contributed by atoms with van der Waals surface area (Å²) < 4.78 is 4.61. The first kappa shape index (κ1) is 13.9. The first-order valence-electron chi connectivity index (χ1n) is 5.72. The largest absolute Gasteiger partial charge is 0.468 e. The fraction of sp³-hybridized carbons (Fsp3) is 0.909. The van der Waals surface area contributed by atoms with Gasteiger partial charge in [0.05, 0.1) is 7.11 Å². The minimum atomic E-state index is -0.286. The van der Waals surface area contributed by atoms with E-state index in [0.717, 1.165) is 13.0 Å². The van der Waals surface area contributed by atoms with E-state index in [9.17, 15) is 4.79 Å². The third-order valence-electron chi connectivity index (χ3n) is 3.24. The second kappa shape index (κ2) is 7.25. The summed E-state index contributed by atoms with van der Waals surface area (Å²) in [6.45, 7) is 1.72. The molecule has 0 aliphatic heterocycles. The number of rotatable bonds is 6. The number of alkyl halides is 1. The van der Waals surface area contributed by atoms with Gasteiger partial charge in [-0.15, -0.1) is 0 Å². The van der Waals surface area contributed by atoms with Gasteiger partial charge < -0.3 is 15.2 Å². The van der Waals surface area contributed by atoms with Crippen molar-refractivity contribution in [1.82, 2.24) is 5.32 Å². The Hall–Kier alpha value is -0.130. The van der Waals surface area contributed by atoms with Crippen LogP contribution >= 0.6 is 15.9 Å². The highest BCUT2D eigenvalue weighted by molar-refractivity contribution is 9.10. The summed E-state index contributed by atoms with van der Waals surface area (Å²) in [6.07, 6.45) is 3.49. The van der Waals surface area contributed by atoms with Gasteiger partial charge in [-0.05, 0) is 31.2 Å². The van der Waals surface area contributed by atoms with Crippen molar-refractivity contribution in [2.45, 2.75) is 24.1 Å². The summed E-state index contributed by atoms with van der Waals surface area (Å²) in [5.74, 6) is 0.722. The first-order valence-corrected chi connectivity index (χ1v) is 6.64. The van der Waals surface area contributed by atoms with Gasteiger partial charge in [0.15, 0.2) is 0 Å². The van der Waals surface area contributed by atoms with Crippen LogP contribution in [0.2, 0.25) is 0 Å². The van der Waals surface area contributed by atoms with Crippen LogP contribution in [-0.2, 0) is 9.53 Å². The molecule has 1 saturated carbocycles. The molecule has 4 nitrogen and oxygen atoms in total. The standard InChI is InChI=1S/C11H20BrNO3/c1-16-11(15)10(12)6-13-5-8-3-2-4-9(8)7-14/h8-10,13-14H,2-7H2,1H3. The maximum Gasteiger partial charge on any atom is 0.320 e. The number of methoxy groups -OCH3 is 1. The highest BCUT2D eigenvalue weighted by atomic mass is 79.9. The Morgan fingerprint density at radius 3 is 2.88 bits per heavy atom. The summed E-state index contributed by atoms with van der Waals surface area (Å²) in [5.41, 5.74) is 0. The minimum absolute atomic E-state index is 0.252. The summed E-state index contributed by atoms with van der Waals surface area (Å²) in [7, 11) is 1.38. The lowest BCUT2D eigenvalue weighted by Crippen LogP contribution is -2.34. The van der Waals surface area contributed by atoms with E-state index in [4.69, 9.17) is 5.11 Å². The molecule has 1 aliphatic rings. The Bertz CT molecular complexity index is 225. The van der Waals surface area contributed by atoms with Crippen molar-refractivity contribution in [2.24, 2.45) is 11.8 Å². The number of carbonyl (C=O) groups excluding carboxylic acids is 1. The zero-order valence-corrected chi connectivity index (χ0v) is 11.2. The van der Waals surface area contributed by atoms with Crippen molar-refractivity contribution >= 4 is 21.9 Å². The lowest BCUT2D eigenvalue weighted by molar-refractivity contribution is -0.139. The summed E-state index contributed by atoms with van der Waals surface area (Å²) in [4.78, 5) is 10.8. The SMILES string of the molecule is COC(=O)C(Br)CNCC1CCCC1CO. The fourth-order valence-corrected chi connectivity index (χ4v) is 2.65. The van der Waals surface area contributed by atoms with E-state index in [1.54, 1.807) is 0 Å². The molecule has 3 atom stereocenters. The smallest absolute Gasteiger partial charge is 0.320 e. The Kier molecular flexibility index (Phi) is 6.31. The van der Waals surface area contributed by atoms with Crippen molar-refractivity contribution < 1.29 is 14.6 Å². The molecule has 0 aromatic rings. The molecule has 0 aromatic carbocycles.